The van der Waals surface area contributed by atoms with E-state index >= 15 is 0 Å². The number of ether oxygens (including phenoxy) is 2. The van der Waals surface area contributed by atoms with Crippen LogP contribution in [0.5, 0.6) is 17.2 Å². The van der Waals surface area contributed by atoms with Crippen LogP contribution >= 0.6 is 0 Å². The lowest BCUT2D eigenvalue weighted by molar-refractivity contribution is -0.121. The largest absolute Gasteiger partial charge is 0.508 e. The minimum Gasteiger partial charge on any atom is -0.508 e. The number of para-hydroxylation sites is 1. The fourth-order valence-electron chi connectivity index (χ4n) is 2.29. The summed E-state index contributed by atoms with van der Waals surface area (Å²) in [5.41, 5.74) is 1.45. The first-order valence-electron chi connectivity index (χ1n) is 7.95. The summed E-state index contributed by atoms with van der Waals surface area (Å²) in [6, 6.07) is 11.7. The zero-order valence-electron chi connectivity index (χ0n) is 14.6. The molecule has 2 aromatic carbocycles. The molecule has 2 aromatic rings. The Morgan fingerprint density at radius 2 is 1.58 bits per heavy atom. The molecule has 0 atom stereocenters. The van der Waals surface area contributed by atoms with Gasteiger partial charge in [-0.15, -0.1) is 0 Å². The van der Waals surface area contributed by atoms with E-state index in [1.807, 2.05) is 0 Å². The predicted octanol–water partition coefficient (Wildman–Crippen LogP) is 3.66. The molecule has 0 saturated heterocycles. The van der Waals surface area contributed by atoms with Gasteiger partial charge in [0.2, 0.25) is 0 Å². The first-order chi connectivity index (χ1) is 12.5. The van der Waals surface area contributed by atoms with Crippen LogP contribution in [0.25, 0.3) is 12.2 Å². The van der Waals surface area contributed by atoms with Gasteiger partial charge in [-0.3, -0.25) is 9.59 Å². The summed E-state index contributed by atoms with van der Waals surface area (Å²) in [4.78, 5) is 23.9. The molecule has 0 unspecified atom stereocenters. The van der Waals surface area contributed by atoms with Crippen molar-refractivity contribution in [2.24, 2.45) is 0 Å². The van der Waals surface area contributed by atoms with E-state index in [0.29, 0.717) is 17.1 Å². The minimum atomic E-state index is -0.310. The van der Waals surface area contributed by atoms with Crippen LogP contribution < -0.4 is 9.47 Å². The van der Waals surface area contributed by atoms with Crippen LogP contribution in [-0.2, 0) is 9.59 Å². The summed E-state index contributed by atoms with van der Waals surface area (Å²) in [6.45, 7) is 0. The number of rotatable bonds is 8. The zero-order chi connectivity index (χ0) is 18.9. The van der Waals surface area contributed by atoms with Crippen molar-refractivity contribution in [3.8, 4) is 17.2 Å². The molecule has 1 N–H and O–H groups in total. The molecule has 5 heteroatoms. The van der Waals surface area contributed by atoms with Gasteiger partial charge in [-0.25, -0.2) is 0 Å². The number of hydrogen-bond donors (Lipinski definition) is 1. The molecule has 0 amide bonds. The van der Waals surface area contributed by atoms with Gasteiger partial charge in [0.15, 0.2) is 23.1 Å². The monoisotopic (exact) mass is 352 g/mol. The molecule has 0 aliphatic heterocycles. The third kappa shape index (κ3) is 5.34. The van der Waals surface area contributed by atoms with Crippen LogP contribution in [-0.4, -0.2) is 30.9 Å². The molecule has 0 spiro atoms. The Labute approximate surface area is 152 Å². The lowest BCUT2D eigenvalue weighted by atomic mass is 10.1. The molecule has 0 heterocycles. The Morgan fingerprint density at radius 1 is 0.923 bits per heavy atom. The van der Waals surface area contributed by atoms with Crippen molar-refractivity contribution in [1.82, 2.24) is 0 Å². The van der Waals surface area contributed by atoms with Crippen molar-refractivity contribution >= 4 is 23.7 Å². The van der Waals surface area contributed by atoms with Gasteiger partial charge >= 0.3 is 0 Å². The molecule has 134 valence electrons. The smallest absolute Gasteiger partial charge is 0.167 e. The van der Waals surface area contributed by atoms with E-state index in [1.54, 1.807) is 42.5 Å². The highest BCUT2D eigenvalue weighted by molar-refractivity contribution is 6.11. The van der Waals surface area contributed by atoms with Gasteiger partial charge in [-0.2, -0.15) is 0 Å². The van der Waals surface area contributed by atoms with Gasteiger partial charge in [0.05, 0.1) is 20.6 Å². The first-order valence-corrected chi connectivity index (χ1v) is 7.95. The van der Waals surface area contributed by atoms with Crippen LogP contribution in [0.1, 0.15) is 17.5 Å². The van der Waals surface area contributed by atoms with Gasteiger partial charge < -0.3 is 14.6 Å². The van der Waals surface area contributed by atoms with E-state index in [4.69, 9.17) is 9.47 Å². The van der Waals surface area contributed by atoms with E-state index in [-0.39, 0.29) is 23.7 Å². The van der Waals surface area contributed by atoms with E-state index in [1.165, 1.54) is 38.5 Å². The number of benzene rings is 2. The summed E-state index contributed by atoms with van der Waals surface area (Å²) in [7, 11) is 3.06. The number of carbonyl (C=O) groups is 2. The second kappa shape index (κ2) is 9.22. The van der Waals surface area contributed by atoms with Crippen molar-refractivity contribution in [3.63, 3.8) is 0 Å². The maximum Gasteiger partial charge on any atom is 0.167 e. The Balaban J connectivity index is 1.99. The molecular weight excluding hydrogens is 332 g/mol. The molecular formula is C21H20O5. The molecule has 0 radical (unpaired) electrons. The molecule has 2 rings (SSSR count). The highest BCUT2D eigenvalue weighted by Crippen LogP contribution is 2.31. The summed E-state index contributed by atoms with van der Waals surface area (Å²) in [5, 5.41) is 9.22. The SMILES string of the molecule is COc1cccc(C=CC(=O)CC(=O)C=Cc2ccc(O)cc2)c1OC. The Morgan fingerprint density at radius 3 is 2.19 bits per heavy atom. The third-order valence-electron chi connectivity index (χ3n) is 3.59. The summed E-state index contributed by atoms with van der Waals surface area (Å²) < 4.78 is 10.5. The average molecular weight is 352 g/mol. The molecule has 0 saturated carbocycles. The topological polar surface area (TPSA) is 72.8 Å². The second-order valence-electron chi connectivity index (χ2n) is 5.45. The molecule has 0 bridgehead atoms. The van der Waals surface area contributed by atoms with Crippen LogP contribution in [0.2, 0.25) is 0 Å². The van der Waals surface area contributed by atoms with Gasteiger partial charge in [0.1, 0.15) is 5.75 Å². The third-order valence-corrected chi connectivity index (χ3v) is 3.59. The van der Waals surface area contributed by atoms with Gasteiger partial charge in [0.25, 0.3) is 0 Å². The fourth-order valence-corrected chi connectivity index (χ4v) is 2.29. The average Bonchev–Trinajstić information content (AvgIpc) is 2.65. The Bertz CT molecular complexity index is 832. The highest BCUT2D eigenvalue weighted by atomic mass is 16.5. The Kier molecular flexibility index (Phi) is 6.74. The molecule has 5 nitrogen and oxygen atoms in total. The van der Waals surface area contributed by atoms with E-state index in [0.717, 1.165) is 5.56 Å². The van der Waals surface area contributed by atoms with Crippen molar-refractivity contribution in [2.45, 2.75) is 6.42 Å². The van der Waals surface area contributed by atoms with Crippen molar-refractivity contribution in [3.05, 3.63) is 65.7 Å². The minimum absolute atomic E-state index is 0.154. The molecule has 0 aromatic heterocycles. The highest BCUT2D eigenvalue weighted by Gasteiger charge is 2.08. The standard InChI is InChI=1S/C21H20O5/c1-25-20-5-3-4-16(21(20)26-2)9-13-19(24)14-18(23)12-8-15-6-10-17(22)11-7-15/h3-13,22H,14H2,1-2H3. The van der Waals surface area contributed by atoms with Crippen molar-refractivity contribution in [2.75, 3.05) is 14.2 Å². The van der Waals surface area contributed by atoms with Crippen molar-refractivity contribution in [1.29, 1.82) is 0 Å². The molecule has 0 aliphatic rings. The normalized spacial score (nSPS) is 11.0. The van der Waals surface area contributed by atoms with Gasteiger partial charge in [0, 0.05) is 5.56 Å². The lowest BCUT2D eigenvalue weighted by Gasteiger charge is -2.09. The predicted molar refractivity (Wildman–Crippen MR) is 100 cm³/mol. The van der Waals surface area contributed by atoms with Gasteiger partial charge in [-0.1, -0.05) is 30.3 Å². The molecule has 0 fully saturated rings. The van der Waals surface area contributed by atoms with Crippen LogP contribution in [0.4, 0.5) is 0 Å². The number of allylic oxidation sites excluding steroid dienone is 2. The van der Waals surface area contributed by atoms with Crippen LogP contribution in [0.15, 0.2) is 54.6 Å². The number of ketones is 2. The number of carbonyl (C=O) groups excluding carboxylic acids is 2. The maximum atomic E-state index is 12.0. The quantitative estimate of drug-likeness (QED) is 0.580. The maximum absolute atomic E-state index is 12.0. The molecule has 0 aliphatic carbocycles. The number of methoxy groups -OCH3 is 2. The number of aromatic hydroxyl groups is 1. The summed E-state index contributed by atoms with van der Waals surface area (Å²) in [6.07, 6.45) is 5.68. The number of hydrogen-bond acceptors (Lipinski definition) is 5. The zero-order valence-corrected chi connectivity index (χ0v) is 14.6. The summed E-state index contributed by atoms with van der Waals surface area (Å²) in [5.74, 6) is 0.634. The lowest BCUT2D eigenvalue weighted by Crippen LogP contribution is -2.02. The molecule has 26 heavy (non-hydrogen) atoms. The number of phenolic OH excluding ortho intramolecular Hbond substituents is 1. The van der Waals surface area contributed by atoms with Gasteiger partial charge in [-0.05, 0) is 42.0 Å². The first kappa shape index (κ1) is 19.0. The van der Waals surface area contributed by atoms with Crippen molar-refractivity contribution < 1.29 is 24.2 Å². The Hall–Kier alpha value is -3.34. The fraction of sp³-hybridized carbons (Fsp3) is 0.143. The summed E-state index contributed by atoms with van der Waals surface area (Å²) >= 11 is 0. The van der Waals surface area contributed by atoms with Crippen LogP contribution in [0.3, 0.4) is 0 Å². The van der Waals surface area contributed by atoms with E-state index in [9.17, 15) is 14.7 Å². The van der Waals surface area contributed by atoms with Crippen LogP contribution in [0, 0.1) is 0 Å². The number of phenols is 1. The van der Waals surface area contributed by atoms with E-state index < -0.39 is 0 Å². The second-order valence-corrected chi connectivity index (χ2v) is 5.45. The van der Waals surface area contributed by atoms with E-state index in [2.05, 4.69) is 0 Å².